The quantitative estimate of drug-likeness (QED) is 0.126. The van der Waals surface area contributed by atoms with Crippen LogP contribution in [0, 0.1) is 13.8 Å². The molecule has 6 aliphatic rings. The molecule has 0 N–H and O–H groups in total. The van der Waals surface area contributed by atoms with Gasteiger partial charge in [-0.3, -0.25) is 4.31 Å². The highest BCUT2D eigenvalue weighted by atomic mass is 32.2. The first kappa shape index (κ1) is 48.0. The van der Waals surface area contributed by atoms with Crippen LogP contribution in [0.15, 0.2) is 127 Å². The SMILES string of the molecule is CSN1c2cc3c(cc2B2c4sc5ccc(C(C)(C)C)cc5c4Oc4cc(C)cc1c42)B1c2cc4c(cc2Oc2cc(C)cc(c21)O3)N(c1ccc(C(C)(C)C)cc1)c1cccc2c1B4c1sc3ccc(C(C)(C)C)cc3c1O2. The summed E-state index contributed by atoms with van der Waals surface area (Å²) < 4.78 is 36.3. The zero-order valence-corrected chi connectivity index (χ0v) is 49.1. The van der Waals surface area contributed by atoms with Crippen LogP contribution in [0.3, 0.4) is 0 Å². The second kappa shape index (κ2) is 16.1. The summed E-state index contributed by atoms with van der Waals surface area (Å²) in [6.07, 6.45) is 2.18. The summed E-state index contributed by atoms with van der Waals surface area (Å²) in [4.78, 5) is 2.46. The van der Waals surface area contributed by atoms with E-state index in [9.17, 15) is 0 Å². The molecule has 12 heteroatoms. The number of hydrogen-bond acceptors (Lipinski definition) is 9. The molecule has 0 fully saturated rings. The summed E-state index contributed by atoms with van der Waals surface area (Å²) >= 11 is 5.47. The second-order valence-corrected chi connectivity index (χ2v) is 28.7. The maximum Gasteiger partial charge on any atom is 0.268 e. The van der Waals surface area contributed by atoms with Gasteiger partial charge in [0.05, 0.1) is 11.4 Å². The molecule has 6 aliphatic heterocycles. The van der Waals surface area contributed by atoms with Crippen molar-refractivity contribution in [2.24, 2.45) is 0 Å². The Morgan fingerprint density at radius 2 is 0.911 bits per heavy atom. The highest BCUT2D eigenvalue weighted by Gasteiger charge is 2.50. The summed E-state index contributed by atoms with van der Waals surface area (Å²) in [5, 5.41) is 2.36. The van der Waals surface area contributed by atoms with Crippen molar-refractivity contribution in [3.8, 4) is 46.0 Å². The van der Waals surface area contributed by atoms with Crippen molar-refractivity contribution in [3.63, 3.8) is 0 Å². The van der Waals surface area contributed by atoms with Gasteiger partial charge in [-0.15, -0.1) is 22.7 Å². The van der Waals surface area contributed by atoms with Gasteiger partial charge >= 0.3 is 0 Å². The third-order valence-electron chi connectivity index (χ3n) is 17.5. The van der Waals surface area contributed by atoms with Crippen LogP contribution < -0.4 is 75.9 Å². The molecular formula is C67H57B3N2O4S3. The lowest BCUT2D eigenvalue weighted by Crippen LogP contribution is -2.64. The fourth-order valence-electron chi connectivity index (χ4n) is 13.6. The second-order valence-electron chi connectivity index (χ2n) is 25.8. The van der Waals surface area contributed by atoms with E-state index in [-0.39, 0.29) is 36.4 Å². The Kier molecular flexibility index (Phi) is 9.78. The molecular weight excluding hydrogens is 1030 g/mol. The van der Waals surface area contributed by atoms with E-state index in [1.165, 1.54) is 79.5 Å². The van der Waals surface area contributed by atoms with Crippen LogP contribution in [0.5, 0.6) is 46.0 Å². The lowest BCUT2D eigenvalue weighted by molar-refractivity contribution is 0.464. The number of benzene rings is 8. The normalized spacial score (nSPS) is 14.9. The highest BCUT2D eigenvalue weighted by molar-refractivity contribution is 8.00. The summed E-state index contributed by atoms with van der Waals surface area (Å²) in [7, 11) is 0. The fraction of sp³-hybridized carbons (Fsp3) is 0.224. The zero-order chi connectivity index (χ0) is 54.1. The first-order chi connectivity index (χ1) is 37.8. The number of thiophene rings is 2. The Hall–Kier alpha value is -6.98. The van der Waals surface area contributed by atoms with Gasteiger partial charge in [0.1, 0.15) is 46.0 Å². The maximum atomic E-state index is 7.32. The molecule has 16 rings (SSSR count). The lowest BCUT2D eigenvalue weighted by Gasteiger charge is -2.42. The molecule has 0 unspecified atom stereocenters. The molecule has 0 saturated heterocycles. The van der Waals surface area contributed by atoms with E-state index >= 15 is 0 Å². The summed E-state index contributed by atoms with van der Waals surface area (Å²) in [6, 6.07) is 48.4. The van der Waals surface area contributed by atoms with Gasteiger partial charge in [0.2, 0.25) is 0 Å². The van der Waals surface area contributed by atoms with Gasteiger partial charge in [-0.25, -0.2) is 0 Å². The predicted molar refractivity (Wildman–Crippen MR) is 340 cm³/mol. The highest BCUT2D eigenvalue weighted by Crippen LogP contribution is 2.49. The van der Waals surface area contributed by atoms with Crippen molar-refractivity contribution in [1.82, 2.24) is 0 Å². The number of fused-ring (bicyclic) bond motifs is 16. The molecule has 8 heterocycles. The summed E-state index contributed by atoms with van der Waals surface area (Å²) in [5.41, 5.74) is 20.0. The Morgan fingerprint density at radius 3 is 1.47 bits per heavy atom. The number of nitrogens with zero attached hydrogens (tertiary/aromatic N) is 2. The number of hydrogen-bond donors (Lipinski definition) is 0. The third-order valence-corrected chi connectivity index (χ3v) is 20.7. The third kappa shape index (κ3) is 6.80. The summed E-state index contributed by atoms with van der Waals surface area (Å²) in [6.45, 7) is 24.6. The van der Waals surface area contributed by atoms with E-state index in [1.807, 2.05) is 22.7 Å². The molecule has 0 amide bonds. The number of ether oxygens (including phenoxy) is 4. The first-order valence-corrected chi connectivity index (χ1v) is 30.5. The van der Waals surface area contributed by atoms with E-state index in [2.05, 4.69) is 219 Å². The Balaban J connectivity index is 0.948. The monoisotopic (exact) mass is 1080 g/mol. The molecule has 0 saturated carbocycles. The van der Waals surface area contributed by atoms with E-state index in [0.29, 0.717) is 0 Å². The molecule has 0 aliphatic carbocycles. The van der Waals surface area contributed by atoms with Gasteiger partial charge in [0.15, 0.2) is 0 Å². The van der Waals surface area contributed by atoms with Gasteiger partial charge in [-0.2, -0.15) is 0 Å². The van der Waals surface area contributed by atoms with Crippen LogP contribution in [0.25, 0.3) is 20.2 Å². The lowest BCUT2D eigenvalue weighted by atomic mass is 9.31. The zero-order valence-electron chi connectivity index (χ0n) is 46.6. The van der Waals surface area contributed by atoms with Crippen molar-refractivity contribution in [1.29, 1.82) is 0 Å². The Labute approximate surface area is 476 Å². The molecule has 10 aromatic rings. The Bertz CT molecular complexity index is 4390. The van der Waals surface area contributed by atoms with E-state index in [0.717, 1.165) is 90.7 Å². The maximum absolute atomic E-state index is 7.32. The van der Waals surface area contributed by atoms with Crippen LogP contribution in [-0.4, -0.2) is 26.4 Å². The molecule has 79 heavy (non-hydrogen) atoms. The van der Waals surface area contributed by atoms with E-state index < -0.39 is 0 Å². The molecule has 0 atom stereocenters. The molecule has 0 bridgehead atoms. The van der Waals surface area contributed by atoms with Gasteiger partial charge in [-0.1, -0.05) is 105 Å². The van der Waals surface area contributed by atoms with Crippen molar-refractivity contribution in [2.75, 3.05) is 15.5 Å². The van der Waals surface area contributed by atoms with E-state index in [4.69, 9.17) is 18.9 Å². The van der Waals surface area contributed by atoms with Crippen molar-refractivity contribution in [3.05, 3.63) is 155 Å². The molecule has 2 aromatic heterocycles. The van der Waals surface area contributed by atoms with E-state index in [1.54, 1.807) is 11.9 Å². The minimum Gasteiger partial charge on any atom is -0.458 e. The number of aryl methyl sites for hydroxylation is 2. The molecule has 0 spiro atoms. The average molecular weight is 1080 g/mol. The standard InChI is InChI=1S/C67H57B3N2O4S3/c1-34-24-49-59-53(25-34)76-62-41-29-38(67(9,10)11)19-23-57(41)79-64(62)70(59)43-31-45-52(33-48(43)72(49)77-12)74-55-27-35(2)26-54-60(55)68(45)44-30-42-47(32-51(44)73-54)71(39-20-16-36(17-21-39)65(3,4)5)46-14-13-15-50-58(46)69(42)63-61(75-50)40-28-37(66(6,7)8)18-22-56(40)78-63/h13-33H,1-12H3. The van der Waals surface area contributed by atoms with Crippen LogP contribution in [0.2, 0.25) is 0 Å². The average Bonchev–Trinajstić information content (AvgIpc) is 3.81. The van der Waals surface area contributed by atoms with Crippen LogP contribution in [-0.2, 0) is 16.2 Å². The van der Waals surface area contributed by atoms with Crippen LogP contribution in [0.4, 0.5) is 28.4 Å². The Morgan fingerprint density at radius 1 is 0.418 bits per heavy atom. The minimum atomic E-state index is -0.196. The topological polar surface area (TPSA) is 43.4 Å². The van der Waals surface area contributed by atoms with Crippen molar-refractivity contribution in [2.45, 2.75) is 92.4 Å². The van der Waals surface area contributed by atoms with Gasteiger partial charge < -0.3 is 23.8 Å². The van der Waals surface area contributed by atoms with Crippen LogP contribution >= 0.6 is 34.6 Å². The van der Waals surface area contributed by atoms with Gasteiger partial charge in [0, 0.05) is 70.6 Å². The van der Waals surface area contributed by atoms with Gasteiger partial charge in [0.25, 0.3) is 20.1 Å². The number of anilines is 5. The van der Waals surface area contributed by atoms with Crippen LogP contribution in [0.1, 0.15) is 90.1 Å². The first-order valence-electron chi connectivity index (χ1n) is 27.7. The molecule has 386 valence electrons. The largest absolute Gasteiger partial charge is 0.458 e. The van der Waals surface area contributed by atoms with Gasteiger partial charge in [-0.05, 0) is 175 Å². The molecule has 6 nitrogen and oxygen atoms in total. The minimum absolute atomic E-state index is 0.00359. The fourth-order valence-corrected chi connectivity index (χ4v) is 16.8. The smallest absolute Gasteiger partial charge is 0.268 e. The van der Waals surface area contributed by atoms with Crippen molar-refractivity contribution >= 4 is 151 Å². The van der Waals surface area contributed by atoms with Crippen molar-refractivity contribution < 1.29 is 18.9 Å². The number of rotatable bonds is 2. The predicted octanol–water partition coefficient (Wildman–Crippen LogP) is 13.1. The molecule has 8 aromatic carbocycles. The summed E-state index contributed by atoms with van der Waals surface area (Å²) in [5.74, 6) is 7.18. The molecule has 0 radical (unpaired) electrons.